The topological polar surface area (TPSA) is 105 Å². The van der Waals surface area contributed by atoms with Crippen molar-refractivity contribution in [2.24, 2.45) is 11.7 Å². The Hall–Kier alpha value is -3.35. The second kappa shape index (κ2) is 9.03. The van der Waals surface area contributed by atoms with Crippen LogP contribution in [0.5, 0.6) is 0 Å². The van der Waals surface area contributed by atoms with Gasteiger partial charge in [0.05, 0.1) is 5.69 Å². The first-order valence-electron chi connectivity index (χ1n) is 9.41. The molecule has 1 saturated carbocycles. The van der Waals surface area contributed by atoms with Crippen molar-refractivity contribution in [2.75, 3.05) is 10.3 Å². The molecule has 2 aromatic carbocycles. The molecular weight excluding hydrogens is 356 g/mol. The van der Waals surface area contributed by atoms with Crippen molar-refractivity contribution in [2.45, 2.75) is 32.1 Å². The first-order chi connectivity index (χ1) is 13.5. The van der Waals surface area contributed by atoms with Gasteiger partial charge in [-0.2, -0.15) is 0 Å². The Morgan fingerprint density at radius 3 is 2.14 bits per heavy atom. The number of rotatable bonds is 4. The summed E-state index contributed by atoms with van der Waals surface area (Å²) in [7, 11) is 0. The zero-order valence-electron chi connectivity index (χ0n) is 15.6. The molecule has 28 heavy (non-hydrogen) atoms. The lowest BCUT2D eigenvalue weighted by atomic mass is 9.88. The zero-order valence-corrected chi connectivity index (χ0v) is 15.6. The summed E-state index contributed by atoms with van der Waals surface area (Å²) in [5.74, 6) is -0.389. The number of amides is 4. The van der Waals surface area contributed by atoms with E-state index in [1.165, 1.54) is 6.42 Å². The van der Waals surface area contributed by atoms with Crippen LogP contribution < -0.4 is 21.5 Å². The molecule has 2 aromatic rings. The van der Waals surface area contributed by atoms with Crippen LogP contribution >= 0.6 is 0 Å². The lowest BCUT2D eigenvalue weighted by molar-refractivity contribution is -0.120. The number of benzene rings is 2. The minimum Gasteiger partial charge on any atom is -0.350 e. The first-order valence-corrected chi connectivity index (χ1v) is 9.41. The number of carbonyl (C=O) groups is 3. The number of primary amides is 1. The normalized spacial score (nSPS) is 14.1. The molecule has 0 atom stereocenters. The summed E-state index contributed by atoms with van der Waals surface area (Å²) in [5, 5.41) is 3.89. The molecule has 0 aliphatic heterocycles. The van der Waals surface area contributed by atoms with E-state index in [1.807, 2.05) is 0 Å². The molecule has 0 spiro atoms. The summed E-state index contributed by atoms with van der Waals surface area (Å²) >= 11 is 0. The van der Waals surface area contributed by atoms with Crippen molar-refractivity contribution in [3.63, 3.8) is 0 Å². The molecule has 7 nitrogen and oxygen atoms in total. The first kappa shape index (κ1) is 19.4. The highest BCUT2D eigenvalue weighted by atomic mass is 16.2. The van der Waals surface area contributed by atoms with E-state index < -0.39 is 11.9 Å². The number of carbonyl (C=O) groups excluding carboxylic acids is 3. The highest BCUT2D eigenvalue weighted by molar-refractivity contribution is 6.01. The summed E-state index contributed by atoms with van der Waals surface area (Å²) in [6.07, 6.45) is 5.23. The van der Waals surface area contributed by atoms with Gasteiger partial charge < -0.3 is 11.1 Å². The van der Waals surface area contributed by atoms with Crippen molar-refractivity contribution in [3.05, 3.63) is 60.2 Å². The van der Waals surface area contributed by atoms with Crippen LogP contribution in [0.2, 0.25) is 0 Å². The Balaban J connectivity index is 1.62. The van der Waals surface area contributed by atoms with Gasteiger partial charge in [-0.15, -0.1) is 0 Å². The number of nitrogens with two attached hydrogens (primary N) is 1. The number of hydrazine groups is 1. The lowest BCUT2D eigenvalue weighted by Gasteiger charge is -2.21. The smallest absolute Gasteiger partial charge is 0.338 e. The van der Waals surface area contributed by atoms with Crippen molar-refractivity contribution >= 4 is 29.2 Å². The molecule has 0 radical (unpaired) electrons. The predicted molar refractivity (Wildman–Crippen MR) is 108 cm³/mol. The fraction of sp³-hybridized carbons (Fsp3) is 0.286. The summed E-state index contributed by atoms with van der Waals surface area (Å²) in [4.78, 5) is 36.5. The summed E-state index contributed by atoms with van der Waals surface area (Å²) in [6, 6.07) is 14.3. The van der Waals surface area contributed by atoms with E-state index in [0.717, 1.165) is 30.7 Å². The maximum absolute atomic E-state index is 12.5. The largest absolute Gasteiger partial charge is 0.350 e. The van der Waals surface area contributed by atoms with Gasteiger partial charge in [0.2, 0.25) is 5.91 Å². The van der Waals surface area contributed by atoms with E-state index in [1.54, 1.807) is 54.6 Å². The quantitative estimate of drug-likeness (QED) is 0.708. The Bertz CT molecular complexity index is 830. The van der Waals surface area contributed by atoms with Crippen molar-refractivity contribution in [1.29, 1.82) is 0 Å². The van der Waals surface area contributed by atoms with Gasteiger partial charge in [0.25, 0.3) is 5.91 Å². The average molecular weight is 380 g/mol. The van der Waals surface area contributed by atoms with Gasteiger partial charge in [0.1, 0.15) is 0 Å². The van der Waals surface area contributed by atoms with E-state index in [2.05, 4.69) is 10.7 Å². The van der Waals surface area contributed by atoms with Crippen LogP contribution in [0.1, 0.15) is 42.5 Å². The van der Waals surface area contributed by atoms with Gasteiger partial charge in [-0.25, -0.2) is 9.80 Å². The molecule has 4 amide bonds. The standard InChI is InChI=1S/C21H24N4O3/c22-21(28)25(18-9-5-2-6-10-18)24-20(27)16-11-13-17(14-12-16)23-19(26)15-7-3-1-4-8-15/h2,5-6,9-15H,1,3-4,7-8H2,(H2,22,28)(H,23,26)(H,24,27). The predicted octanol–water partition coefficient (Wildman–Crippen LogP) is 3.44. The van der Waals surface area contributed by atoms with E-state index in [0.29, 0.717) is 16.9 Å². The van der Waals surface area contributed by atoms with Gasteiger partial charge in [0, 0.05) is 17.2 Å². The number of urea groups is 1. The molecule has 0 bridgehead atoms. The molecule has 146 valence electrons. The molecule has 1 aliphatic rings. The molecule has 0 saturated heterocycles. The average Bonchev–Trinajstić information content (AvgIpc) is 2.73. The third-order valence-electron chi connectivity index (χ3n) is 4.84. The maximum atomic E-state index is 12.5. The Morgan fingerprint density at radius 1 is 0.893 bits per heavy atom. The van der Waals surface area contributed by atoms with E-state index >= 15 is 0 Å². The Morgan fingerprint density at radius 2 is 1.54 bits per heavy atom. The molecule has 4 N–H and O–H groups in total. The molecule has 1 fully saturated rings. The number of hydrogen-bond donors (Lipinski definition) is 3. The molecule has 0 heterocycles. The molecule has 0 unspecified atom stereocenters. The zero-order chi connectivity index (χ0) is 19.9. The van der Waals surface area contributed by atoms with Crippen molar-refractivity contribution < 1.29 is 14.4 Å². The summed E-state index contributed by atoms with van der Waals surface area (Å²) in [5.41, 5.74) is 9.31. The van der Waals surface area contributed by atoms with E-state index in [9.17, 15) is 14.4 Å². The molecular formula is C21H24N4O3. The number of anilines is 2. The SMILES string of the molecule is NC(=O)N(NC(=O)c1ccc(NC(=O)C2CCCCC2)cc1)c1ccccc1. The molecule has 3 rings (SSSR count). The van der Waals surface area contributed by atoms with Gasteiger partial charge in [0.15, 0.2) is 0 Å². The second-order valence-corrected chi connectivity index (χ2v) is 6.85. The fourth-order valence-corrected chi connectivity index (χ4v) is 3.30. The molecule has 0 aromatic heterocycles. The number of para-hydroxylation sites is 1. The lowest BCUT2D eigenvalue weighted by Crippen LogP contribution is -2.49. The fourth-order valence-electron chi connectivity index (χ4n) is 3.30. The minimum absolute atomic E-state index is 0.0286. The molecule has 7 heteroatoms. The summed E-state index contributed by atoms with van der Waals surface area (Å²) in [6.45, 7) is 0. The number of nitrogens with one attached hydrogen (secondary N) is 2. The van der Waals surface area contributed by atoms with Gasteiger partial charge in [-0.05, 0) is 49.2 Å². The second-order valence-electron chi connectivity index (χ2n) is 6.85. The van der Waals surface area contributed by atoms with Gasteiger partial charge >= 0.3 is 6.03 Å². The summed E-state index contributed by atoms with van der Waals surface area (Å²) < 4.78 is 0. The highest BCUT2D eigenvalue weighted by Gasteiger charge is 2.21. The van der Waals surface area contributed by atoms with Gasteiger partial charge in [-0.1, -0.05) is 37.5 Å². The van der Waals surface area contributed by atoms with E-state index in [4.69, 9.17) is 5.73 Å². The van der Waals surface area contributed by atoms with Crippen LogP contribution in [0.15, 0.2) is 54.6 Å². The number of hydrogen-bond acceptors (Lipinski definition) is 3. The Kier molecular flexibility index (Phi) is 6.26. The maximum Gasteiger partial charge on any atom is 0.338 e. The van der Waals surface area contributed by atoms with Gasteiger partial charge in [-0.3, -0.25) is 15.0 Å². The van der Waals surface area contributed by atoms with E-state index in [-0.39, 0.29) is 11.8 Å². The number of nitrogens with zero attached hydrogens (tertiary/aromatic N) is 1. The van der Waals surface area contributed by atoms with Crippen LogP contribution in [0, 0.1) is 5.92 Å². The third kappa shape index (κ3) is 4.88. The van der Waals surface area contributed by atoms with Crippen molar-refractivity contribution in [3.8, 4) is 0 Å². The van der Waals surface area contributed by atoms with Crippen LogP contribution in [0.25, 0.3) is 0 Å². The minimum atomic E-state index is -0.795. The highest BCUT2D eigenvalue weighted by Crippen LogP contribution is 2.25. The van der Waals surface area contributed by atoms with Crippen LogP contribution in [0.4, 0.5) is 16.2 Å². The Labute approximate surface area is 163 Å². The van der Waals surface area contributed by atoms with Crippen LogP contribution in [-0.4, -0.2) is 17.8 Å². The van der Waals surface area contributed by atoms with Crippen molar-refractivity contribution in [1.82, 2.24) is 5.43 Å². The monoisotopic (exact) mass is 380 g/mol. The van der Waals surface area contributed by atoms with Crippen LogP contribution in [0.3, 0.4) is 0 Å². The van der Waals surface area contributed by atoms with Crippen LogP contribution in [-0.2, 0) is 4.79 Å². The third-order valence-corrected chi connectivity index (χ3v) is 4.84. The molecule has 1 aliphatic carbocycles.